The van der Waals surface area contributed by atoms with Crippen LogP contribution < -0.4 is 14.8 Å². The number of benzene rings is 2. The highest BCUT2D eigenvalue weighted by Crippen LogP contribution is 2.29. The second-order valence-electron chi connectivity index (χ2n) is 6.39. The van der Waals surface area contributed by atoms with Gasteiger partial charge in [-0.25, -0.2) is 0 Å². The van der Waals surface area contributed by atoms with E-state index in [4.69, 9.17) is 13.9 Å². The van der Waals surface area contributed by atoms with Crippen molar-refractivity contribution in [3.63, 3.8) is 0 Å². The van der Waals surface area contributed by atoms with Crippen molar-refractivity contribution < 1.29 is 18.7 Å². The maximum atomic E-state index is 12.5. The second kappa shape index (κ2) is 8.14. The number of carbonyl (C=O) groups excluding carboxylic acids is 1. The van der Waals surface area contributed by atoms with Gasteiger partial charge in [0.15, 0.2) is 0 Å². The number of nitrogens with one attached hydrogen (secondary N) is 1. The van der Waals surface area contributed by atoms with E-state index < -0.39 is 0 Å². The number of fused-ring (bicyclic) bond motifs is 1. The normalized spacial score (nSPS) is 12.2. The first-order valence-electron chi connectivity index (χ1n) is 8.72. The lowest BCUT2D eigenvalue weighted by Crippen LogP contribution is -2.32. The second-order valence-corrected chi connectivity index (χ2v) is 6.39. The van der Waals surface area contributed by atoms with Crippen LogP contribution in [-0.4, -0.2) is 38.6 Å². The molecule has 0 aliphatic carbocycles. The maximum Gasteiger partial charge on any atom is 0.238 e. The zero-order chi connectivity index (χ0) is 19.4. The molecule has 3 aromatic rings. The zero-order valence-corrected chi connectivity index (χ0v) is 16.0. The van der Waals surface area contributed by atoms with E-state index in [0.717, 1.165) is 16.7 Å². The van der Waals surface area contributed by atoms with Crippen molar-refractivity contribution in [1.82, 2.24) is 4.90 Å². The molecule has 0 spiro atoms. The Labute approximate surface area is 158 Å². The summed E-state index contributed by atoms with van der Waals surface area (Å²) in [5, 5.41) is 3.94. The molecule has 2 aromatic carbocycles. The number of furan rings is 1. The molecule has 0 fully saturated rings. The molecule has 3 rings (SSSR count). The number of hydrogen-bond donors (Lipinski definition) is 1. The number of nitrogens with zero attached hydrogens (tertiary/aromatic N) is 1. The van der Waals surface area contributed by atoms with Gasteiger partial charge in [-0.2, -0.15) is 0 Å². The SMILES string of the molecule is COc1ccc(OC)c(NC(=O)CN(C)[C@@H](C)c2cc3ccccc3o2)c1. The van der Waals surface area contributed by atoms with Crippen LogP contribution in [0, 0.1) is 0 Å². The fourth-order valence-corrected chi connectivity index (χ4v) is 2.89. The topological polar surface area (TPSA) is 63.9 Å². The number of amides is 1. The quantitative estimate of drug-likeness (QED) is 0.681. The van der Waals surface area contributed by atoms with Gasteiger partial charge in [0.25, 0.3) is 0 Å². The van der Waals surface area contributed by atoms with Crippen LogP contribution in [0.1, 0.15) is 18.7 Å². The number of likely N-dealkylation sites (N-methyl/N-ethyl adjacent to an activating group) is 1. The smallest absolute Gasteiger partial charge is 0.238 e. The molecular weight excluding hydrogens is 344 g/mol. The van der Waals surface area contributed by atoms with Crippen molar-refractivity contribution in [1.29, 1.82) is 0 Å². The molecule has 27 heavy (non-hydrogen) atoms. The van der Waals surface area contributed by atoms with E-state index in [9.17, 15) is 4.79 Å². The minimum absolute atomic E-state index is 0.0460. The summed E-state index contributed by atoms with van der Waals surface area (Å²) in [5.74, 6) is 1.91. The third kappa shape index (κ3) is 4.23. The van der Waals surface area contributed by atoms with E-state index >= 15 is 0 Å². The summed E-state index contributed by atoms with van der Waals surface area (Å²) in [6, 6.07) is 15.1. The highest BCUT2D eigenvalue weighted by Gasteiger charge is 2.19. The van der Waals surface area contributed by atoms with Gasteiger partial charge in [-0.1, -0.05) is 18.2 Å². The minimum Gasteiger partial charge on any atom is -0.497 e. The summed E-state index contributed by atoms with van der Waals surface area (Å²) >= 11 is 0. The van der Waals surface area contributed by atoms with Crippen molar-refractivity contribution >= 4 is 22.6 Å². The first-order chi connectivity index (χ1) is 13.0. The minimum atomic E-state index is -0.146. The van der Waals surface area contributed by atoms with Gasteiger partial charge in [-0.15, -0.1) is 0 Å². The molecule has 1 amide bonds. The predicted molar refractivity (Wildman–Crippen MR) is 105 cm³/mol. The third-order valence-electron chi connectivity index (χ3n) is 4.59. The average molecular weight is 368 g/mol. The van der Waals surface area contributed by atoms with Crippen LogP contribution in [0.3, 0.4) is 0 Å². The van der Waals surface area contributed by atoms with E-state index in [0.29, 0.717) is 17.2 Å². The first kappa shape index (κ1) is 18.8. The maximum absolute atomic E-state index is 12.5. The number of ether oxygens (including phenoxy) is 2. The molecule has 1 aromatic heterocycles. The highest BCUT2D eigenvalue weighted by molar-refractivity contribution is 5.94. The summed E-state index contributed by atoms with van der Waals surface area (Å²) in [7, 11) is 5.03. The molecule has 0 radical (unpaired) electrons. The fraction of sp³-hybridized carbons (Fsp3) is 0.286. The molecule has 0 aliphatic heterocycles. The molecule has 0 saturated carbocycles. The fourth-order valence-electron chi connectivity index (χ4n) is 2.89. The Morgan fingerprint density at radius 1 is 1.15 bits per heavy atom. The van der Waals surface area contributed by atoms with E-state index in [1.54, 1.807) is 32.4 Å². The van der Waals surface area contributed by atoms with Gasteiger partial charge in [-0.05, 0) is 38.2 Å². The number of methoxy groups -OCH3 is 2. The lowest BCUT2D eigenvalue weighted by Gasteiger charge is -2.22. The van der Waals surface area contributed by atoms with Crippen molar-refractivity contribution in [2.75, 3.05) is 33.1 Å². The van der Waals surface area contributed by atoms with Crippen molar-refractivity contribution in [2.24, 2.45) is 0 Å². The summed E-state index contributed by atoms with van der Waals surface area (Å²) in [5.41, 5.74) is 1.42. The Morgan fingerprint density at radius 3 is 2.63 bits per heavy atom. The molecule has 0 saturated heterocycles. The van der Waals surface area contributed by atoms with E-state index in [1.165, 1.54) is 0 Å². The molecule has 142 valence electrons. The predicted octanol–water partition coefficient (Wildman–Crippen LogP) is 4.08. The number of carbonyl (C=O) groups is 1. The molecule has 6 nitrogen and oxygen atoms in total. The van der Waals surface area contributed by atoms with Gasteiger partial charge in [0.2, 0.25) is 5.91 Å². The number of para-hydroxylation sites is 1. The van der Waals surface area contributed by atoms with Crippen LogP contribution in [0.2, 0.25) is 0 Å². The van der Waals surface area contributed by atoms with Crippen LogP contribution >= 0.6 is 0 Å². The van der Waals surface area contributed by atoms with E-state index in [-0.39, 0.29) is 18.5 Å². The summed E-state index contributed by atoms with van der Waals surface area (Å²) in [6.45, 7) is 2.22. The van der Waals surface area contributed by atoms with Gasteiger partial charge in [-0.3, -0.25) is 9.69 Å². The standard InChI is InChI=1S/C21H24N2O4/c1-14(20-11-15-7-5-6-8-18(15)27-20)23(2)13-21(24)22-17-12-16(25-3)9-10-19(17)26-4/h5-12,14H,13H2,1-4H3,(H,22,24)/t14-/m0/s1. The van der Waals surface area contributed by atoms with Gasteiger partial charge in [0.1, 0.15) is 22.8 Å². The van der Waals surface area contributed by atoms with Gasteiger partial charge in [0.05, 0.1) is 32.5 Å². The Balaban J connectivity index is 1.68. The molecule has 1 N–H and O–H groups in total. The summed E-state index contributed by atoms with van der Waals surface area (Å²) in [4.78, 5) is 14.4. The van der Waals surface area contributed by atoms with Crippen LogP contribution in [0.4, 0.5) is 5.69 Å². The number of rotatable bonds is 7. The zero-order valence-electron chi connectivity index (χ0n) is 16.0. The van der Waals surface area contributed by atoms with Crippen LogP contribution in [-0.2, 0) is 4.79 Å². The largest absolute Gasteiger partial charge is 0.497 e. The van der Waals surface area contributed by atoms with Crippen molar-refractivity contribution in [3.05, 3.63) is 54.3 Å². The molecule has 0 bridgehead atoms. The van der Waals surface area contributed by atoms with Gasteiger partial charge >= 0.3 is 0 Å². The highest BCUT2D eigenvalue weighted by atomic mass is 16.5. The lowest BCUT2D eigenvalue weighted by atomic mass is 10.2. The number of hydrogen-bond acceptors (Lipinski definition) is 5. The molecule has 1 atom stereocenters. The Morgan fingerprint density at radius 2 is 1.93 bits per heavy atom. The third-order valence-corrected chi connectivity index (χ3v) is 4.59. The van der Waals surface area contributed by atoms with E-state index in [2.05, 4.69) is 5.32 Å². The lowest BCUT2D eigenvalue weighted by molar-refractivity contribution is -0.117. The van der Waals surface area contributed by atoms with Crippen molar-refractivity contribution in [3.8, 4) is 11.5 Å². The molecule has 0 unspecified atom stereocenters. The van der Waals surface area contributed by atoms with Crippen molar-refractivity contribution in [2.45, 2.75) is 13.0 Å². The Kier molecular flexibility index (Phi) is 5.66. The summed E-state index contributed by atoms with van der Waals surface area (Å²) < 4.78 is 16.4. The van der Waals surface area contributed by atoms with Crippen LogP contribution in [0.15, 0.2) is 52.9 Å². The van der Waals surface area contributed by atoms with Crippen LogP contribution in [0.5, 0.6) is 11.5 Å². The van der Waals surface area contributed by atoms with Crippen LogP contribution in [0.25, 0.3) is 11.0 Å². The monoisotopic (exact) mass is 368 g/mol. The molecule has 0 aliphatic rings. The average Bonchev–Trinajstić information content (AvgIpc) is 3.11. The molecule has 6 heteroatoms. The first-order valence-corrected chi connectivity index (χ1v) is 8.72. The Bertz CT molecular complexity index is 902. The van der Waals surface area contributed by atoms with E-state index in [1.807, 2.05) is 49.2 Å². The number of anilines is 1. The van der Waals surface area contributed by atoms with Gasteiger partial charge < -0.3 is 19.2 Å². The van der Waals surface area contributed by atoms with Gasteiger partial charge in [0, 0.05) is 11.5 Å². The summed E-state index contributed by atoms with van der Waals surface area (Å²) in [6.07, 6.45) is 0. The molecule has 1 heterocycles. The Hall–Kier alpha value is -2.99. The molecular formula is C21H24N2O4.